The van der Waals surface area contributed by atoms with E-state index in [9.17, 15) is 14.4 Å². The van der Waals surface area contributed by atoms with Crippen molar-refractivity contribution < 1.29 is 14.0 Å². The number of anilines is 1. The Bertz CT molecular complexity index is 1460. The van der Waals surface area contributed by atoms with Gasteiger partial charge in [-0.15, -0.1) is 11.3 Å². The number of benzene rings is 2. The number of hydrogen-bond donors (Lipinski definition) is 2. The van der Waals surface area contributed by atoms with E-state index in [1.807, 2.05) is 13.0 Å². The van der Waals surface area contributed by atoms with Gasteiger partial charge in [-0.3, -0.25) is 14.4 Å². The first-order chi connectivity index (χ1) is 15.9. The number of primary amides is 1. The number of fused-ring (bicyclic) bond motifs is 2. The van der Waals surface area contributed by atoms with Crippen molar-refractivity contribution in [2.24, 2.45) is 5.73 Å². The second kappa shape index (κ2) is 8.33. The predicted octanol–water partition coefficient (Wildman–Crippen LogP) is 5.06. The molecule has 0 fully saturated rings. The number of carbonyl (C=O) groups is 2. The smallest absolute Gasteiger partial charge is 0.256 e. The monoisotopic (exact) mass is 458 g/mol. The van der Waals surface area contributed by atoms with E-state index in [0.717, 1.165) is 41.7 Å². The topological polar surface area (TPSA) is 102 Å². The van der Waals surface area contributed by atoms with Crippen LogP contribution < -0.4 is 16.5 Å². The van der Waals surface area contributed by atoms with Gasteiger partial charge < -0.3 is 15.5 Å². The number of rotatable bonds is 4. The van der Waals surface area contributed by atoms with E-state index in [1.54, 1.807) is 36.4 Å². The Balaban J connectivity index is 1.42. The van der Waals surface area contributed by atoms with Gasteiger partial charge in [-0.05, 0) is 62.4 Å². The van der Waals surface area contributed by atoms with E-state index in [1.165, 1.54) is 17.4 Å². The van der Waals surface area contributed by atoms with Gasteiger partial charge in [-0.1, -0.05) is 23.8 Å². The summed E-state index contributed by atoms with van der Waals surface area (Å²) in [6.07, 6.45) is 3.81. The second-order valence-electron chi connectivity index (χ2n) is 8.29. The summed E-state index contributed by atoms with van der Waals surface area (Å²) >= 11 is 1.43. The first-order valence-electron chi connectivity index (χ1n) is 10.8. The maximum absolute atomic E-state index is 12.9. The van der Waals surface area contributed by atoms with Gasteiger partial charge in [0.1, 0.15) is 16.3 Å². The van der Waals surface area contributed by atoms with E-state index in [2.05, 4.69) is 5.32 Å². The molecule has 2 aromatic carbocycles. The fourth-order valence-corrected chi connectivity index (χ4v) is 5.58. The number of carbonyl (C=O) groups excluding carboxylic acids is 2. The van der Waals surface area contributed by atoms with Crippen LogP contribution in [-0.2, 0) is 12.8 Å². The number of amides is 2. The van der Waals surface area contributed by atoms with Crippen LogP contribution in [0.4, 0.5) is 5.00 Å². The molecule has 0 bridgehead atoms. The highest BCUT2D eigenvalue weighted by Crippen LogP contribution is 2.38. The summed E-state index contributed by atoms with van der Waals surface area (Å²) in [4.78, 5) is 38.6. The molecule has 2 aromatic heterocycles. The van der Waals surface area contributed by atoms with Gasteiger partial charge in [0.2, 0.25) is 0 Å². The molecule has 0 atom stereocenters. The van der Waals surface area contributed by atoms with Crippen molar-refractivity contribution in [3.63, 3.8) is 0 Å². The molecular formula is C26H22N2O4S. The average Bonchev–Trinajstić information content (AvgIpc) is 3.17. The highest BCUT2D eigenvalue weighted by molar-refractivity contribution is 7.17. The lowest BCUT2D eigenvalue weighted by Gasteiger charge is -2.11. The predicted molar refractivity (Wildman–Crippen MR) is 130 cm³/mol. The summed E-state index contributed by atoms with van der Waals surface area (Å²) < 4.78 is 5.92. The van der Waals surface area contributed by atoms with Crippen LogP contribution in [0.2, 0.25) is 0 Å². The lowest BCUT2D eigenvalue weighted by molar-refractivity contribution is 0.100. The summed E-state index contributed by atoms with van der Waals surface area (Å²) in [5.74, 6) is -0.398. The summed E-state index contributed by atoms with van der Waals surface area (Å²) in [5, 5.41) is 3.92. The first kappa shape index (κ1) is 21.2. The van der Waals surface area contributed by atoms with Gasteiger partial charge in [0.25, 0.3) is 11.8 Å². The third-order valence-electron chi connectivity index (χ3n) is 5.96. The van der Waals surface area contributed by atoms with Crippen molar-refractivity contribution in [1.29, 1.82) is 0 Å². The largest absolute Gasteiger partial charge is 0.456 e. The summed E-state index contributed by atoms with van der Waals surface area (Å²) in [7, 11) is 0. The van der Waals surface area contributed by atoms with Gasteiger partial charge in [0, 0.05) is 22.1 Å². The molecule has 33 heavy (non-hydrogen) atoms. The molecule has 1 aliphatic carbocycles. The minimum atomic E-state index is -0.512. The van der Waals surface area contributed by atoms with Crippen molar-refractivity contribution in [2.45, 2.75) is 32.6 Å². The summed E-state index contributed by atoms with van der Waals surface area (Å²) in [6.45, 7) is 1.92. The fraction of sp³-hybridized carbons (Fsp3) is 0.192. The van der Waals surface area contributed by atoms with E-state index >= 15 is 0 Å². The van der Waals surface area contributed by atoms with Gasteiger partial charge in [0.15, 0.2) is 5.43 Å². The standard InChI is InChI=1S/C26H22N2O4S/c1-14-6-11-20-18(12-14)19(29)13-21(32-20)15-7-9-16(10-8-15)25(31)28-26-23(24(27)30)17-4-2-3-5-22(17)33-26/h6-13H,2-5H2,1H3,(H2,27,30)(H,28,31). The highest BCUT2D eigenvalue weighted by atomic mass is 32.1. The zero-order valence-electron chi connectivity index (χ0n) is 18.1. The molecule has 6 nitrogen and oxygen atoms in total. The Morgan fingerprint density at radius 3 is 2.55 bits per heavy atom. The lowest BCUT2D eigenvalue weighted by atomic mass is 9.95. The number of nitrogens with two attached hydrogens (primary N) is 1. The second-order valence-corrected chi connectivity index (χ2v) is 9.39. The molecule has 7 heteroatoms. The van der Waals surface area contributed by atoms with Crippen LogP contribution in [-0.4, -0.2) is 11.8 Å². The Morgan fingerprint density at radius 1 is 1.03 bits per heavy atom. The average molecular weight is 459 g/mol. The van der Waals surface area contributed by atoms with Crippen molar-refractivity contribution >= 4 is 39.1 Å². The molecule has 2 amide bonds. The Morgan fingerprint density at radius 2 is 1.79 bits per heavy atom. The van der Waals surface area contributed by atoms with Crippen LogP contribution >= 0.6 is 11.3 Å². The molecule has 0 unspecified atom stereocenters. The molecule has 2 heterocycles. The zero-order valence-corrected chi connectivity index (χ0v) is 18.9. The molecule has 3 N–H and O–H groups in total. The molecule has 166 valence electrons. The number of hydrogen-bond acceptors (Lipinski definition) is 5. The first-order valence-corrected chi connectivity index (χ1v) is 11.6. The SMILES string of the molecule is Cc1ccc2oc(-c3ccc(C(=O)Nc4sc5c(c4C(N)=O)CCCC5)cc3)cc(=O)c2c1. The van der Waals surface area contributed by atoms with Gasteiger partial charge >= 0.3 is 0 Å². The maximum Gasteiger partial charge on any atom is 0.256 e. The third-order valence-corrected chi connectivity index (χ3v) is 7.17. The molecule has 0 radical (unpaired) electrons. The fourth-order valence-electron chi connectivity index (χ4n) is 4.29. The summed E-state index contributed by atoms with van der Waals surface area (Å²) in [6, 6.07) is 13.8. The Kier molecular flexibility index (Phi) is 5.34. The minimum absolute atomic E-state index is 0.114. The maximum atomic E-state index is 12.9. The molecular weight excluding hydrogens is 436 g/mol. The molecule has 0 saturated heterocycles. The van der Waals surface area contributed by atoms with Gasteiger partial charge in [-0.2, -0.15) is 0 Å². The van der Waals surface area contributed by atoms with Crippen LogP contribution in [0, 0.1) is 6.92 Å². The number of thiophene rings is 1. The number of aryl methyl sites for hydroxylation is 2. The Labute approximate surface area is 194 Å². The molecule has 5 rings (SSSR count). The van der Waals surface area contributed by atoms with Crippen LogP contribution in [0.5, 0.6) is 0 Å². The molecule has 0 saturated carbocycles. The molecule has 0 spiro atoms. The van der Waals surface area contributed by atoms with Crippen LogP contribution in [0.3, 0.4) is 0 Å². The van der Waals surface area contributed by atoms with E-state index in [4.69, 9.17) is 10.2 Å². The van der Waals surface area contributed by atoms with Crippen molar-refractivity contribution in [2.75, 3.05) is 5.32 Å². The van der Waals surface area contributed by atoms with Gasteiger partial charge in [-0.25, -0.2) is 0 Å². The molecule has 1 aliphatic rings. The van der Waals surface area contributed by atoms with Crippen LogP contribution in [0.25, 0.3) is 22.3 Å². The zero-order chi connectivity index (χ0) is 23.1. The van der Waals surface area contributed by atoms with Gasteiger partial charge in [0.05, 0.1) is 10.9 Å². The van der Waals surface area contributed by atoms with Crippen LogP contribution in [0.1, 0.15) is 49.6 Å². The van der Waals surface area contributed by atoms with Crippen LogP contribution in [0.15, 0.2) is 57.7 Å². The van der Waals surface area contributed by atoms with E-state index < -0.39 is 5.91 Å². The van der Waals surface area contributed by atoms with E-state index in [-0.39, 0.29) is 11.3 Å². The van der Waals surface area contributed by atoms with Crippen molar-refractivity contribution in [3.05, 3.63) is 85.9 Å². The summed E-state index contributed by atoms with van der Waals surface area (Å²) in [5.41, 5.74) is 9.55. The highest BCUT2D eigenvalue weighted by Gasteiger charge is 2.25. The quantitative estimate of drug-likeness (QED) is 0.446. The Hall–Kier alpha value is -3.71. The molecule has 4 aromatic rings. The third kappa shape index (κ3) is 3.96. The van der Waals surface area contributed by atoms with E-state index in [0.29, 0.717) is 38.4 Å². The normalized spacial score (nSPS) is 13.0. The minimum Gasteiger partial charge on any atom is -0.456 e. The number of nitrogens with one attached hydrogen (secondary N) is 1. The lowest BCUT2D eigenvalue weighted by Crippen LogP contribution is -2.18. The van der Waals surface area contributed by atoms with Crippen molar-refractivity contribution in [1.82, 2.24) is 0 Å². The van der Waals surface area contributed by atoms with Crippen molar-refractivity contribution in [3.8, 4) is 11.3 Å². The molecule has 0 aliphatic heterocycles.